The number of hydrogen-bond acceptors (Lipinski definition) is 9. The Morgan fingerprint density at radius 1 is 1.07 bits per heavy atom. The molecule has 0 aliphatic rings. The minimum Gasteiger partial charge on any atom is -0.495 e. The molecule has 4 rings (SSSR count). The van der Waals surface area contributed by atoms with E-state index in [-0.39, 0.29) is 22.9 Å². The molecule has 0 aliphatic carbocycles. The average Bonchev–Trinajstić information content (AvgIpc) is 3.17. The molecule has 0 bridgehead atoms. The van der Waals surface area contributed by atoms with Crippen LogP contribution in [0.15, 0.2) is 46.1 Å². The fraction of sp³-hybridized carbons (Fsp3) is 0.0556. The third-order valence-electron chi connectivity index (χ3n) is 3.84. The summed E-state index contributed by atoms with van der Waals surface area (Å²) in [7, 11) is 1.61. The molecule has 0 saturated heterocycles. The molecule has 0 saturated carbocycles. The van der Waals surface area contributed by atoms with E-state index in [9.17, 15) is 4.39 Å². The number of rotatable bonds is 6. The fourth-order valence-corrected chi connectivity index (χ4v) is 4.64. The molecule has 0 atom stereocenters. The van der Waals surface area contributed by atoms with Crippen LogP contribution in [0.5, 0.6) is 5.75 Å². The Kier molecular flexibility index (Phi) is 6.21. The van der Waals surface area contributed by atoms with Crippen LogP contribution in [0, 0.1) is 13.0 Å². The van der Waals surface area contributed by atoms with Gasteiger partial charge >= 0.3 is 0 Å². The highest BCUT2D eigenvalue weighted by Gasteiger charge is 2.13. The highest BCUT2D eigenvalue weighted by molar-refractivity contribution is 14.1. The van der Waals surface area contributed by atoms with E-state index in [1.54, 1.807) is 25.5 Å². The molecule has 30 heavy (non-hydrogen) atoms. The lowest BCUT2D eigenvalue weighted by Crippen LogP contribution is -2.03. The second-order valence-corrected chi connectivity index (χ2v) is 8.25. The zero-order valence-electron chi connectivity index (χ0n) is 15.2. The maximum atomic E-state index is 13.2. The first kappa shape index (κ1) is 20.6. The number of hydrogen-bond donors (Lipinski definition) is 2. The Morgan fingerprint density at radius 2 is 1.77 bits per heavy atom. The third kappa shape index (κ3) is 4.58. The van der Waals surface area contributed by atoms with Gasteiger partial charge in [0, 0.05) is 14.8 Å². The molecular weight excluding hydrogens is 619 g/mol. The highest BCUT2D eigenvalue weighted by atomic mass is 127. The first-order valence-electron chi connectivity index (χ1n) is 8.38. The second-order valence-electron chi connectivity index (χ2n) is 5.84. The summed E-state index contributed by atoms with van der Waals surface area (Å²) in [5.41, 5.74) is 4.71. The Hall–Kier alpha value is -2.62. The number of fused-ring (bicyclic) bond motifs is 1. The predicted molar refractivity (Wildman–Crippen MR) is 127 cm³/mol. The Bertz CT molecular complexity index is 1230. The maximum absolute atomic E-state index is 13.2. The van der Waals surface area contributed by atoms with Gasteiger partial charge in [0.25, 0.3) is 0 Å². The average molecular weight is 631 g/mol. The first-order chi connectivity index (χ1) is 14.5. The van der Waals surface area contributed by atoms with Crippen LogP contribution in [0.2, 0.25) is 0 Å². The molecule has 2 aromatic heterocycles. The zero-order chi connectivity index (χ0) is 21.1. The van der Waals surface area contributed by atoms with Gasteiger partial charge in [-0.25, -0.2) is 14.0 Å². The van der Waals surface area contributed by atoms with E-state index in [1.807, 2.05) is 12.1 Å². The summed E-state index contributed by atoms with van der Waals surface area (Å²) in [6.45, 7) is 0. The summed E-state index contributed by atoms with van der Waals surface area (Å²) in [6.07, 6.45) is 1.62. The quantitative estimate of drug-likeness (QED) is 0.181. The molecule has 0 unspecified atom stereocenters. The fourth-order valence-electron chi connectivity index (χ4n) is 2.53. The Morgan fingerprint density at radius 3 is 2.47 bits per heavy atom. The van der Waals surface area contributed by atoms with E-state index in [1.165, 1.54) is 12.1 Å². The summed E-state index contributed by atoms with van der Waals surface area (Å²) in [5, 5.41) is 14.7. The number of hydrazone groups is 1. The van der Waals surface area contributed by atoms with Crippen LogP contribution >= 0.6 is 45.2 Å². The van der Waals surface area contributed by atoms with Gasteiger partial charge in [-0.1, -0.05) is 0 Å². The maximum Gasteiger partial charge on any atom is 0.245 e. The number of halogens is 3. The van der Waals surface area contributed by atoms with Crippen molar-refractivity contribution in [2.75, 3.05) is 17.9 Å². The minimum absolute atomic E-state index is 0.221. The number of nitrogens with zero attached hydrogens (tertiary/aromatic N) is 5. The van der Waals surface area contributed by atoms with Gasteiger partial charge in [0.1, 0.15) is 11.6 Å². The van der Waals surface area contributed by atoms with Crippen molar-refractivity contribution >= 4 is 80.0 Å². The first-order valence-corrected chi connectivity index (χ1v) is 10.5. The van der Waals surface area contributed by atoms with Crippen molar-refractivity contribution < 1.29 is 13.8 Å². The van der Waals surface area contributed by atoms with E-state index < -0.39 is 0 Å². The Labute approximate surface area is 196 Å². The number of benzene rings is 2. The third-order valence-corrected chi connectivity index (χ3v) is 5.26. The molecule has 2 N–H and O–H groups in total. The van der Waals surface area contributed by atoms with Crippen molar-refractivity contribution in [3.05, 3.63) is 54.9 Å². The van der Waals surface area contributed by atoms with Crippen LogP contribution in [-0.2, 0) is 0 Å². The van der Waals surface area contributed by atoms with Gasteiger partial charge in [0.05, 0.1) is 16.9 Å². The largest absolute Gasteiger partial charge is 0.495 e. The van der Waals surface area contributed by atoms with Crippen molar-refractivity contribution in [2.45, 2.75) is 0 Å². The lowest BCUT2D eigenvalue weighted by molar-refractivity contribution is 0.314. The zero-order valence-corrected chi connectivity index (χ0v) is 19.5. The van der Waals surface area contributed by atoms with E-state index in [0.29, 0.717) is 17.3 Å². The van der Waals surface area contributed by atoms with Gasteiger partial charge < -0.3 is 10.1 Å². The number of ether oxygens (including phenoxy) is 1. The molecule has 2 aromatic carbocycles. The van der Waals surface area contributed by atoms with Crippen LogP contribution in [0.3, 0.4) is 0 Å². The predicted octanol–water partition coefficient (Wildman–Crippen LogP) is 4.56. The van der Waals surface area contributed by atoms with Gasteiger partial charge in [0.2, 0.25) is 11.3 Å². The number of anilines is 3. The molecule has 9 nitrogen and oxygen atoms in total. The molecule has 0 fully saturated rings. The van der Waals surface area contributed by atoms with E-state index >= 15 is 0 Å². The molecule has 0 amide bonds. The number of nitrogens with one attached hydrogen (secondary N) is 2. The van der Waals surface area contributed by atoms with Gasteiger partial charge in [-0.3, -0.25) is 5.43 Å². The topological polar surface area (TPSA) is 110 Å². The summed E-state index contributed by atoms with van der Waals surface area (Å²) in [5.74, 6) is 0.990. The van der Waals surface area contributed by atoms with Crippen molar-refractivity contribution in [3.8, 4) is 5.75 Å². The van der Waals surface area contributed by atoms with Crippen molar-refractivity contribution in [3.63, 3.8) is 0 Å². The van der Waals surface area contributed by atoms with Crippen LogP contribution in [-0.4, -0.2) is 33.6 Å². The smallest absolute Gasteiger partial charge is 0.245 e. The highest BCUT2D eigenvalue weighted by Crippen LogP contribution is 2.27. The number of methoxy groups -OCH3 is 1. The summed E-state index contributed by atoms with van der Waals surface area (Å²) >= 11 is 4.44. The van der Waals surface area contributed by atoms with Crippen LogP contribution in [0.1, 0.15) is 5.56 Å². The molecule has 152 valence electrons. The molecule has 2 heterocycles. The van der Waals surface area contributed by atoms with E-state index in [4.69, 9.17) is 4.74 Å². The monoisotopic (exact) mass is 631 g/mol. The van der Waals surface area contributed by atoms with Crippen molar-refractivity contribution in [2.24, 2.45) is 5.10 Å². The van der Waals surface area contributed by atoms with Gasteiger partial charge in [-0.15, -0.1) is 0 Å². The number of aromatic nitrogens is 4. The molecule has 12 heteroatoms. The molecule has 0 spiro atoms. The molecule has 4 aromatic rings. The van der Waals surface area contributed by atoms with Crippen LogP contribution < -0.4 is 15.5 Å². The van der Waals surface area contributed by atoms with E-state index in [0.717, 1.165) is 12.7 Å². The standard InChI is InChI=1S/C18H12FI2N7O2/c1-29-14-9(6-11(20)7-13(14)21)8-22-26-16-15(23-12-4-2-10(19)3-5-12)24-17-18(25-16)28-30-27-17/h2-8H,1H3,(H,23,24,27)(H,25,26,28)/b22-8+. The minimum atomic E-state index is -0.341. The lowest BCUT2D eigenvalue weighted by Gasteiger charge is -2.10. The van der Waals surface area contributed by atoms with Crippen LogP contribution in [0.4, 0.5) is 21.7 Å². The van der Waals surface area contributed by atoms with Crippen LogP contribution in [0.25, 0.3) is 11.3 Å². The second kappa shape index (κ2) is 9.03. The molecule has 0 aliphatic heterocycles. The summed E-state index contributed by atoms with van der Waals surface area (Å²) in [4.78, 5) is 8.67. The Balaban J connectivity index is 1.65. The summed E-state index contributed by atoms with van der Waals surface area (Å²) < 4.78 is 25.4. The molecular formula is C18H12FI2N7O2. The van der Waals surface area contributed by atoms with Crippen molar-refractivity contribution in [1.29, 1.82) is 0 Å². The lowest BCUT2D eigenvalue weighted by atomic mass is 10.2. The molecule has 0 radical (unpaired) electrons. The van der Waals surface area contributed by atoms with Gasteiger partial charge in [0.15, 0.2) is 11.6 Å². The van der Waals surface area contributed by atoms with Crippen molar-refractivity contribution in [1.82, 2.24) is 20.3 Å². The van der Waals surface area contributed by atoms with Gasteiger partial charge in [-0.2, -0.15) is 10.1 Å². The normalized spacial score (nSPS) is 11.2. The summed E-state index contributed by atoms with van der Waals surface area (Å²) in [6, 6.07) is 9.78. The SMILES string of the molecule is COc1c(I)cc(I)cc1/C=N/Nc1nc2nonc2nc1Nc1ccc(F)cc1. The van der Waals surface area contributed by atoms with E-state index in [2.05, 4.69) is 85.9 Å². The van der Waals surface area contributed by atoms with Gasteiger partial charge in [-0.05, 0) is 91.9 Å².